The molecule has 6 nitrogen and oxygen atoms in total. The second kappa shape index (κ2) is 45.9. The van der Waals surface area contributed by atoms with Crippen LogP contribution < -0.4 is 0 Å². The lowest BCUT2D eigenvalue weighted by Gasteiger charge is -2.18. The molecule has 0 saturated carbocycles. The molecule has 0 heterocycles. The van der Waals surface area contributed by atoms with Crippen molar-refractivity contribution in [1.29, 1.82) is 0 Å². The summed E-state index contributed by atoms with van der Waals surface area (Å²) in [7, 11) is 0. The van der Waals surface area contributed by atoms with Crippen LogP contribution in [0, 0.1) is 11.8 Å². The van der Waals surface area contributed by atoms with Crippen molar-refractivity contribution < 1.29 is 28.6 Å². The molecule has 1 unspecified atom stereocenters. The monoisotopic (exact) mass is 835 g/mol. The Morgan fingerprint density at radius 1 is 0.356 bits per heavy atom. The van der Waals surface area contributed by atoms with Crippen molar-refractivity contribution in [3.63, 3.8) is 0 Å². The smallest absolute Gasteiger partial charge is 0.306 e. The van der Waals surface area contributed by atoms with Gasteiger partial charge < -0.3 is 14.2 Å². The van der Waals surface area contributed by atoms with E-state index in [1.165, 1.54) is 180 Å². The molecule has 350 valence electrons. The fraction of sp³-hybridized carbons (Fsp3) is 0.943. The van der Waals surface area contributed by atoms with E-state index in [9.17, 15) is 14.4 Å². The van der Waals surface area contributed by atoms with Crippen LogP contribution in [0.3, 0.4) is 0 Å². The van der Waals surface area contributed by atoms with Gasteiger partial charge in [-0.05, 0) is 31.1 Å². The lowest BCUT2D eigenvalue weighted by atomic mass is 10.00. The van der Waals surface area contributed by atoms with Crippen LogP contribution >= 0.6 is 0 Å². The molecule has 0 aromatic heterocycles. The van der Waals surface area contributed by atoms with Gasteiger partial charge in [0, 0.05) is 19.3 Å². The molecule has 59 heavy (non-hydrogen) atoms. The maximum absolute atomic E-state index is 12.7. The summed E-state index contributed by atoms with van der Waals surface area (Å²) < 4.78 is 16.8. The Morgan fingerprint density at radius 3 is 0.966 bits per heavy atom. The van der Waals surface area contributed by atoms with Crippen LogP contribution in [-0.2, 0) is 28.6 Å². The summed E-state index contributed by atoms with van der Waals surface area (Å²) in [5.74, 6) is 0.793. The second-order valence-electron chi connectivity index (χ2n) is 18.9. The third-order valence-corrected chi connectivity index (χ3v) is 12.3. The van der Waals surface area contributed by atoms with Gasteiger partial charge in [-0.3, -0.25) is 14.4 Å². The molecular formula is C53H102O6. The maximum Gasteiger partial charge on any atom is 0.306 e. The van der Waals surface area contributed by atoms with Crippen LogP contribution in [-0.4, -0.2) is 37.2 Å². The summed E-state index contributed by atoms with van der Waals surface area (Å²) in [6.07, 6.45) is 46.6. The Bertz CT molecular complexity index is 902. The van der Waals surface area contributed by atoms with Crippen molar-refractivity contribution in [2.45, 2.75) is 298 Å². The molecule has 0 bridgehead atoms. The van der Waals surface area contributed by atoms with Gasteiger partial charge in [-0.1, -0.05) is 253 Å². The summed E-state index contributed by atoms with van der Waals surface area (Å²) in [4.78, 5) is 37.9. The predicted molar refractivity (Wildman–Crippen MR) is 252 cm³/mol. The largest absolute Gasteiger partial charge is 0.462 e. The minimum atomic E-state index is -0.762. The fourth-order valence-corrected chi connectivity index (χ4v) is 7.96. The molecule has 6 heteroatoms. The van der Waals surface area contributed by atoms with E-state index in [2.05, 4.69) is 34.6 Å². The number of carbonyl (C=O) groups is 3. The van der Waals surface area contributed by atoms with E-state index in [-0.39, 0.29) is 31.1 Å². The van der Waals surface area contributed by atoms with Gasteiger partial charge in [-0.25, -0.2) is 0 Å². The summed E-state index contributed by atoms with van der Waals surface area (Å²) >= 11 is 0. The standard InChI is InChI=1S/C53H102O6/c1-6-8-9-10-11-12-13-14-15-16-17-21-24-27-33-38-43-51(54)57-46-50(59-53(56)45-40-35-30-29-32-37-42-49(5)7-2)47-58-52(55)44-39-34-28-25-22-19-18-20-23-26-31-36-41-48(3)4/h48-50H,6-47H2,1-5H3/t49?,50-/m1/s1. The van der Waals surface area contributed by atoms with E-state index < -0.39 is 6.10 Å². The number of hydrogen-bond donors (Lipinski definition) is 0. The quantitative estimate of drug-likeness (QED) is 0.0345. The molecule has 0 aromatic carbocycles. The number of carbonyl (C=O) groups excluding carboxylic acids is 3. The number of esters is 3. The van der Waals surface area contributed by atoms with Gasteiger partial charge in [0.05, 0.1) is 0 Å². The molecule has 2 atom stereocenters. The van der Waals surface area contributed by atoms with E-state index in [0.717, 1.165) is 69.6 Å². The molecule has 0 saturated heterocycles. The highest BCUT2D eigenvalue weighted by Gasteiger charge is 2.19. The van der Waals surface area contributed by atoms with Crippen molar-refractivity contribution in [2.75, 3.05) is 13.2 Å². The molecule has 0 rings (SSSR count). The van der Waals surface area contributed by atoms with Crippen LogP contribution in [0.5, 0.6) is 0 Å². The summed E-state index contributed by atoms with van der Waals surface area (Å²) in [5.41, 5.74) is 0. The molecule has 0 aliphatic heterocycles. The van der Waals surface area contributed by atoms with Gasteiger partial charge >= 0.3 is 17.9 Å². The van der Waals surface area contributed by atoms with E-state index in [1.807, 2.05) is 0 Å². The van der Waals surface area contributed by atoms with Gasteiger partial charge in [-0.2, -0.15) is 0 Å². The highest BCUT2D eigenvalue weighted by Crippen LogP contribution is 2.18. The Kier molecular flexibility index (Phi) is 44.7. The van der Waals surface area contributed by atoms with Crippen LogP contribution in [0.25, 0.3) is 0 Å². The van der Waals surface area contributed by atoms with E-state index in [0.29, 0.717) is 19.3 Å². The van der Waals surface area contributed by atoms with E-state index in [1.54, 1.807) is 0 Å². The average molecular weight is 835 g/mol. The molecule has 0 aromatic rings. The predicted octanol–water partition coefficient (Wildman–Crippen LogP) is 16.9. The van der Waals surface area contributed by atoms with Crippen molar-refractivity contribution in [3.8, 4) is 0 Å². The molecule has 0 spiro atoms. The Labute approximate surface area is 368 Å². The SMILES string of the molecule is CCCCCCCCCCCCCCCCCCC(=O)OC[C@H](COC(=O)CCCCCCCCCCCCCCC(C)C)OC(=O)CCCCCCCCC(C)CC. The zero-order chi connectivity index (χ0) is 43.3. The van der Waals surface area contributed by atoms with Crippen molar-refractivity contribution in [3.05, 3.63) is 0 Å². The average Bonchev–Trinajstić information content (AvgIpc) is 3.22. The first-order valence-corrected chi connectivity index (χ1v) is 26.3. The first kappa shape index (κ1) is 57.4. The number of unbranched alkanes of at least 4 members (excludes halogenated alkanes) is 31. The zero-order valence-electron chi connectivity index (χ0n) is 40.4. The topological polar surface area (TPSA) is 78.9 Å². The second-order valence-corrected chi connectivity index (χ2v) is 18.9. The van der Waals surface area contributed by atoms with Crippen LogP contribution in [0.15, 0.2) is 0 Å². The first-order valence-electron chi connectivity index (χ1n) is 26.3. The Balaban J connectivity index is 4.27. The third kappa shape index (κ3) is 45.8. The van der Waals surface area contributed by atoms with Crippen LogP contribution in [0.2, 0.25) is 0 Å². The molecular weight excluding hydrogens is 733 g/mol. The van der Waals surface area contributed by atoms with Gasteiger partial charge in [0.1, 0.15) is 13.2 Å². The lowest BCUT2D eigenvalue weighted by molar-refractivity contribution is -0.167. The fourth-order valence-electron chi connectivity index (χ4n) is 7.96. The first-order chi connectivity index (χ1) is 28.8. The summed E-state index contributed by atoms with van der Waals surface area (Å²) in [6.45, 7) is 11.4. The van der Waals surface area contributed by atoms with Crippen molar-refractivity contribution >= 4 is 17.9 Å². The number of rotatable bonds is 47. The highest BCUT2D eigenvalue weighted by atomic mass is 16.6. The van der Waals surface area contributed by atoms with Gasteiger partial charge in [0.25, 0.3) is 0 Å². The Morgan fingerprint density at radius 2 is 0.644 bits per heavy atom. The minimum Gasteiger partial charge on any atom is -0.462 e. The summed E-state index contributed by atoms with van der Waals surface area (Å²) in [5, 5.41) is 0. The maximum atomic E-state index is 12.7. The van der Waals surface area contributed by atoms with Crippen LogP contribution in [0.4, 0.5) is 0 Å². The number of ether oxygens (including phenoxy) is 3. The third-order valence-electron chi connectivity index (χ3n) is 12.3. The van der Waals surface area contributed by atoms with E-state index in [4.69, 9.17) is 14.2 Å². The van der Waals surface area contributed by atoms with E-state index >= 15 is 0 Å². The lowest BCUT2D eigenvalue weighted by Crippen LogP contribution is -2.30. The molecule has 0 fully saturated rings. The molecule has 0 radical (unpaired) electrons. The molecule has 0 amide bonds. The van der Waals surface area contributed by atoms with Crippen LogP contribution in [0.1, 0.15) is 291 Å². The Hall–Kier alpha value is -1.59. The van der Waals surface area contributed by atoms with Gasteiger partial charge in [0.2, 0.25) is 0 Å². The van der Waals surface area contributed by atoms with Crippen molar-refractivity contribution in [2.24, 2.45) is 11.8 Å². The minimum absolute atomic E-state index is 0.0645. The summed E-state index contributed by atoms with van der Waals surface area (Å²) in [6, 6.07) is 0. The van der Waals surface area contributed by atoms with Crippen molar-refractivity contribution in [1.82, 2.24) is 0 Å². The molecule has 0 aliphatic rings. The zero-order valence-corrected chi connectivity index (χ0v) is 40.4. The number of hydrogen-bond acceptors (Lipinski definition) is 6. The van der Waals surface area contributed by atoms with Gasteiger partial charge in [-0.15, -0.1) is 0 Å². The molecule has 0 N–H and O–H groups in total. The molecule has 0 aliphatic carbocycles. The normalized spacial score (nSPS) is 12.5. The van der Waals surface area contributed by atoms with Gasteiger partial charge in [0.15, 0.2) is 6.10 Å². The highest BCUT2D eigenvalue weighted by molar-refractivity contribution is 5.71.